The first-order chi connectivity index (χ1) is 7.85. The van der Waals surface area contributed by atoms with E-state index in [2.05, 4.69) is 13.8 Å². The van der Waals surface area contributed by atoms with Crippen LogP contribution in [0.5, 0.6) is 0 Å². The summed E-state index contributed by atoms with van der Waals surface area (Å²) in [6, 6.07) is 0. The summed E-state index contributed by atoms with van der Waals surface area (Å²) in [7, 11) is 0. The van der Waals surface area contributed by atoms with Crippen molar-refractivity contribution in [3.63, 3.8) is 0 Å². The maximum atomic E-state index is 9.08. The zero-order valence-electron chi connectivity index (χ0n) is 10.9. The van der Waals surface area contributed by atoms with Gasteiger partial charge in [0.15, 0.2) is 0 Å². The lowest BCUT2D eigenvalue weighted by molar-refractivity contribution is -0.0436. The molecule has 0 spiro atoms. The molecule has 0 fully saturated rings. The lowest BCUT2D eigenvalue weighted by atomic mass is 10.2. The third kappa shape index (κ3) is 10.4. The van der Waals surface area contributed by atoms with Gasteiger partial charge < -0.3 is 14.6 Å². The predicted molar refractivity (Wildman–Crippen MR) is 66.7 cm³/mol. The molecule has 3 heteroatoms. The van der Waals surface area contributed by atoms with Gasteiger partial charge in [0.05, 0.1) is 13.2 Å². The Kier molecular flexibility index (Phi) is 12.9. The van der Waals surface area contributed by atoms with Gasteiger partial charge in [0.1, 0.15) is 6.10 Å². The van der Waals surface area contributed by atoms with Gasteiger partial charge in [-0.2, -0.15) is 0 Å². The summed E-state index contributed by atoms with van der Waals surface area (Å²) in [6.07, 6.45) is 6.84. The van der Waals surface area contributed by atoms with Crippen molar-refractivity contribution < 1.29 is 14.6 Å². The van der Waals surface area contributed by atoms with Crippen molar-refractivity contribution in [2.45, 2.75) is 58.5 Å². The molecule has 0 aromatic rings. The molecule has 16 heavy (non-hydrogen) atoms. The summed E-state index contributed by atoms with van der Waals surface area (Å²) >= 11 is 0. The third-order valence-electron chi connectivity index (χ3n) is 2.50. The van der Waals surface area contributed by atoms with Crippen molar-refractivity contribution in [2.75, 3.05) is 26.4 Å². The van der Waals surface area contributed by atoms with Crippen molar-refractivity contribution in [1.82, 2.24) is 0 Å². The van der Waals surface area contributed by atoms with E-state index in [4.69, 9.17) is 14.6 Å². The quantitative estimate of drug-likeness (QED) is 0.526. The summed E-state index contributed by atoms with van der Waals surface area (Å²) in [4.78, 5) is 0. The molecule has 0 bridgehead atoms. The van der Waals surface area contributed by atoms with Gasteiger partial charge in [-0.05, 0) is 12.8 Å². The highest BCUT2D eigenvalue weighted by molar-refractivity contribution is 4.54. The Hall–Kier alpha value is -0.120. The molecule has 0 aliphatic rings. The first kappa shape index (κ1) is 15.9. The summed E-state index contributed by atoms with van der Waals surface area (Å²) in [5, 5.41) is 9.08. The number of aliphatic hydroxyl groups excluding tert-OH is 1. The minimum atomic E-state index is -0.140. The number of hydrogen-bond donors (Lipinski definition) is 1. The summed E-state index contributed by atoms with van der Waals surface area (Å²) in [5.41, 5.74) is 0. The van der Waals surface area contributed by atoms with Crippen LogP contribution in [-0.4, -0.2) is 37.6 Å². The largest absolute Gasteiger partial charge is 0.394 e. The minimum Gasteiger partial charge on any atom is -0.394 e. The molecule has 0 heterocycles. The second kappa shape index (κ2) is 12.9. The Morgan fingerprint density at radius 1 is 0.938 bits per heavy atom. The lowest BCUT2D eigenvalue weighted by Gasteiger charge is -2.15. The summed E-state index contributed by atoms with van der Waals surface area (Å²) in [6.45, 7) is 6.43. The van der Waals surface area contributed by atoms with Gasteiger partial charge in [-0.1, -0.05) is 39.5 Å². The van der Waals surface area contributed by atoms with Crippen LogP contribution < -0.4 is 0 Å². The van der Waals surface area contributed by atoms with Crippen molar-refractivity contribution in [3.8, 4) is 0 Å². The Labute approximate surface area is 100 Å². The molecule has 98 valence electrons. The Morgan fingerprint density at radius 3 is 2.12 bits per heavy atom. The summed E-state index contributed by atoms with van der Waals surface area (Å²) < 4.78 is 11.0. The van der Waals surface area contributed by atoms with Crippen LogP contribution in [0.3, 0.4) is 0 Å². The highest BCUT2D eigenvalue weighted by Gasteiger charge is 2.07. The van der Waals surface area contributed by atoms with Crippen molar-refractivity contribution in [3.05, 3.63) is 0 Å². The van der Waals surface area contributed by atoms with Gasteiger partial charge in [0, 0.05) is 13.2 Å². The van der Waals surface area contributed by atoms with E-state index in [-0.39, 0.29) is 12.7 Å². The van der Waals surface area contributed by atoms with Crippen LogP contribution >= 0.6 is 0 Å². The van der Waals surface area contributed by atoms with E-state index >= 15 is 0 Å². The molecule has 0 radical (unpaired) electrons. The maximum Gasteiger partial charge on any atom is 0.104 e. The van der Waals surface area contributed by atoms with Crippen molar-refractivity contribution in [1.29, 1.82) is 0 Å². The molecular weight excluding hydrogens is 204 g/mol. The molecule has 0 aliphatic heterocycles. The van der Waals surface area contributed by atoms with Crippen LogP contribution in [0.25, 0.3) is 0 Å². The molecule has 3 nitrogen and oxygen atoms in total. The topological polar surface area (TPSA) is 38.7 Å². The lowest BCUT2D eigenvalue weighted by Crippen LogP contribution is -2.24. The average Bonchev–Trinajstić information content (AvgIpc) is 2.31. The molecule has 0 rings (SSSR count). The second-order valence-corrected chi connectivity index (χ2v) is 4.16. The fourth-order valence-corrected chi connectivity index (χ4v) is 1.42. The minimum absolute atomic E-state index is 0.0555. The van der Waals surface area contributed by atoms with Gasteiger partial charge in [-0.25, -0.2) is 0 Å². The average molecular weight is 232 g/mol. The normalized spacial score (nSPS) is 12.9. The fraction of sp³-hybridized carbons (Fsp3) is 1.00. The molecule has 1 atom stereocenters. The SMILES string of the molecule is CCCCCOC[C@H](CO)OCCCCC. The third-order valence-corrected chi connectivity index (χ3v) is 2.50. The number of unbranched alkanes of at least 4 members (excludes halogenated alkanes) is 4. The van der Waals surface area contributed by atoms with Crippen LogP contribution in [0.15, 0.2) is 0 Å². The van der Waals surface area contributed by atoms with E-state index in [0.29, 0.717) is 6.61 Å². The molecule has 1 N–H and O–H groups in total. The van der Waals surface area contributed by atoms with Gasteiger partial charge in [-0.3, -0.25) is 0 Å². The predicted octanol–water partition coefficient (Wildman–Crippen LogP) is 2.76. The van der Waals surface area contributed by atoms with Crippen LogP contribution in [0.4, 0.5) is 0 Å². The maximum absolute atomic E-state index is 9.08. The Bertz CT molecular complexity index is 128. The monoisotopic (exact) mass is 232 g/mol. The number of rotatable bonds is 12. The Morgan fingerprint density at radius 2 is 1.56 bits per heavy atom. The first-order valence-electron chi connectivity index (χ1n) is 6.65. The smallest absolute Gasteiger partial charge is 0.104 e. The zero-order chi connectivity index (χ0) is 12.1. The molecular formula is C13H28O3. The standard InChI is InChI=1S/C13H28O3/c1-3-5-7-9-15-12-13(11-14)16-10-8-6-4-2/h13-14H,3-12H2,1-2H3/t13-/m0/s1. The van der Waals surface area contributed by atoms with Crippen LogP contribution in [0, 0.1) is 0 Å². The Balaban J connectivity index is 3.29. The zero-order valence-corrected chi connectivity index (χ0v) is 10.9. The molecule has 0 amide bonds. The van der Waals surface area contributed by atoms with Crippen molar-refractivity contribution >= 4 is 0 Å². The number of hydrogen-bond acceptors (Lipinski definition) is 3. The van der Waals surface area contributed by atoms with Crippen LogP contribution in [0.2, 0.25) is 0 Å². The van der Waals surface area contributed by atoms with Crippen LogP contribution in [-0.2, 0) is 9.47 Å². The van der Waals surface area contributed by atoms with E-state index in [0.717, 1.165) is 26.1 Å². The van der Waals surface area contributed by atoms with E-state index in [9.17, 15) is 0 Å². The van der Waals surface area contributed by atoms with Crippen LogP contribution in [0.1, 0.15) is 52.4 Å². The number of ether oxygens (including phenoxy) is 2. The van der Waals surface area contributed by atoms with E-state index in [1.54, 1.807) is 0 Å². The first-order valence-corrected chi connectivity index (χ1v) is 6.65. The molecule has 0 saturated carbocycles. The van der Waals surface area contributed by atoms with E-state index in [1.807, 2.05) is 0 Å². The number of aliphatic hydroxyl groups is 1. The van der Waals surface area contributed by atoms with Crippen molar-refractivity contribution in [2.24, 2.45) is 0 Å². The highest BCUT2D eigenvalue weighted by Crippen LogP contribution is 2.00. The fourth-order valence-electron chi connectivity index (χ4n) is 1.42. The van der Waals surface area contributed by atoms with Gasteiger partial charge >= 0.3 is 0 Å². The van der Waals surface area contributed by atoms with Gasteiger partial charge in [0.2, 0.25) is 0 Å². The van der Waals surface area contributed by atoms with Gasteiger partial charge in [-0.15, -0.1) is 0 Å². The molecule has 0 unspecified atom stereocenters. The van der Waals surface area contributed by atoms with Gasteiger partial charge in [0.25, 0.3) is 0 Å². The van der Waals surface area contributed by atoms with E-state index < -0.39 is 0 Å². The molecule has 0 aromatic heterocycles. The molecule has 0 aromatic carbocycles. The highest BCUT2D eigenvalue weighted by atomic mass is 16.5. The summed E-state index contributed by atoms with van der Waals surface area (Å²) in [5.74, 6) is 0. The molecule has 0 saturated heterocycles. The second-order valence-electron chi connectivity index (χ2n) is 4.16. The van der Waals surface area contributed by atoms with E-state index in [1.165, 1.54) is 25.7 Å². The molecule has 0 aliphatic carbocycles.